The molecule has 0 aliphatic carbocycles. The molecule has 1 heterocycles. The van der Waals surface area contributed by atoms with Gasteiger partial charge in [-0.2, -0.15) is 0 Å². The molecule has 0 unspecified atom stereocenters. The highest BCUT2D eigenvalue weighted by Crippen LogP contribution is 2.23. The first-order valence-corrected chi connectivity index (χ1v) is 8.79. The Bertz CT molecular complexity index is 643. The molecule has 1 saturated heterocycles. The van der Waals surface area contributed by atoms with Gasteiger partial charge in [0.25, 0.3) is 0 Å². The zero-order chi connectivity index (χ0) is 16.8. The number of aryl methyl sites for hydroxylation is 1. The van der Waals surface area contributed by atoms with Crippen molar-refractivity contribution < 1.29 is 9.90 Å². The summed E-state index contributed by atoms with van der Waals surface area (Å²) in [6.07, 6.45) is 4.99. The molecule has 0 aromatic heterocycles. The van der Waals surface area contributed by atoms with Crippen molar-refractivity contribution in [3.8, 4) is 0 Å². The molecule has 24 heavy (non-hydrogen) atoms. The van der Waals surface area contributed by atoms with Gasteiger partial charge in [0.2, 0.25) is 0 Å². The van der Waals surface area contributed by atoms with Gasteiger partial charge < -0.3 is 5.11 Å². The first-order valence-electron chi connectivity index (χ1n) is 8.79. The third kappa shape index (κ3) is 4.68. The van der Waals surface area contributed by atoms with Gasteiger partial charge >= 0.3 is 5.97 Å². The minimum Gasteiger partial charge on any atom is -0.478 e. The summed E-state index contributed by atoms with van der Waals surface area (Å²) in [4.78, 5) is 13.4. The molecule has 126 valence electrons. The van der Waals surface area contributed by atoms with Crippen molar-refractivity contribution in [3.05, 3.63) is 71.3 Å². The largest absolute Gasteiger partial charge is 0.478 e. The predicted molar refractivity (Wildman–Crippen MR) is 96.2 cm³/mol. The molecule has 0 saturated carbocycles. The number of nitrogens with zero attached hydrogens (tertiary/aromatic N) is 1. The van der Waals surface area contributed by atoms with E-state index in [9.17, 15) is 4.79 Å². The van der Waals surface area contributed by atoms with Crippen LogP contribution >= 0.6 is 0 Å². The third-order valence-electron chi connectivity index (χ3n) is 5.00. The molecule has 2 aromatic rings. The lowest BCUT2D eigenvalue weighted by atomic mass is 9.90. The number of carbonyl (C=O) groups is 1. The minimum atomic E-state index is -0.860. The lowest BCUT2D eigenvalue weighted by Gasteiger charge is -2.32. The van der Waals surface area contributed by atoms with Gasteiger partial charge in [0.15, 0.2) is 0 Å². The second-order valence-corrected chi connectivity index (χ2v) is 6.75. The summed E-state index contributed by atoms with van der Waals surface area (Å²) in [6.45, 7) is 3.20. The van der Waals surface area contributed by atoms with Crippen molar-refractivity contribution in [1.82, 2.24) is 4.90 Å². The number of piperidine rings is 1. The Morgan fingerprint density at radius 3 is 2.25 bits per heavy atom. The summed E-state index contributed by atoms with van der Waals surface area (Å²) in [5.41, 5.74) is 3.00. The first-order chi connectivity index (χ1) is 11.7. The average Bonchev–Trinajstić information content (AvgIpc) is 2.62. The molecule has 1 aliphatic rings. The summed E-state index contributed by atoms with van der Waals surface area (Å²) < 4.78 is 0. The number of benzene rings is 2. The van der Waals surface area contributed by atoms with Crippen molar-refractivity contribution in [3.63, 3.8) is 0 Å². The molecule has 1 fully saturated rings. The van der Waals surface area contributed by atoms with Gasteiger partial charge in [0.1, 0.15) is 0 Å². The number of aromatic carboxylic acids is 1. The van der Waals surface area contributed by atoms with Crippen LogP contribution in [0.3, 0.4) is 0 Å². The van der Waals surface area contributed by atoms with Crippen LogP contribution in [0.25, 0.3) is 0 Å². The number of carboxylic acids is 1. The van der Waals surface area contributed by atoms with E-state index in [0.29, 0.717) is 5.56 Å². The normalized spacial score (nSPS) is 16.2. The highest BCUT2D eigenvalue weighted by Gasteiger charge is 2.19. The average molecular weight is 323 g/mol. The molecule has 3 rings (SSSR count). The smallest absolute Gasteiger partial charge is 0.335 e. The molecule has 0 atom stereocenters. The third-order valence-corrected chi connectivity index (χ3v) is 5.00. The van der Waals surface area contributed by atoms with E-state index >= 15 is 0 Å². The van der Waals surface area contributed by atoms with E-state index in [1.807, 2.05) is 12.1 Å². The summed E-state index contributed by atoms with van der Waals surface area (Å²) in [7, 11) is 0. The summed E-state index contributed by atoms with van der Waals surface area (Å²) in [5.74, 6) is -0.0309. The van der Waals surface area contributed by atoms with Gasteiger partial charge in [-0.15, -0.1) is 0 Å². The minimum absolute atomic E-state index is 0.360. The molecular weight excluding hydrogens is 298 g/mol. The highest BCUT2D eigenvalue weighted by atomic mass is 16.4. The van der Waals surface area contributed by atoms with Crippen LogP contribution in [0.5, 0.6) is 0 Å². The topological polar surface area (TPSA) is 40.5 Å². The molecular formula is C21H25NO2. The number of likely N-dealkylation sites (tertiary alicyclic amines) is 1. The first kappa shape index (κ1) is 16.7. The second-order valence-electron chi connectivity index (χ2n) is 6.75. The molecule has 3 heteroatoms. The van der Waals surface area contributed by atoms with E-state index in [2.05, 4.69) is 35.2 Å². The van der Waals surface area contributed by atoms with Crippen molar-refractivity contribution >= 4 is 5.97 Å². The van der Waals surface area contributed by atoms with E-state index in [1.54, 1.807) is 12.1 Å². The van der Waals surface area contributed by atoms with Crippen molar-refractivity contribution in [1.29, 1.82) is 0 Å². The van der Waals surface area contributed by atoms with Crippen LogP contribution in [0, 0.1) is 5.92 Å². The molecule has 0 spiro atoms. The van der Waals surface area contributed by atoms with Crippen LogP contribution in [0.15, 0.2) is 54.6 Å². The highest BCUT2D eigenvalue weighted by molar-refractivity contribution is 5.87. The van der Waals surface area contributed by atoms with Crippen LogP contribution in [-0.4, -0.2) is 29.1 Å². The molecule has 0 bridgehead atoms. The van der Waals surface area contributed by atoms with Crippen molar-refractivity contribution in [2.75, 3.05) is 13.1 Å². The maximum absolute atomic E-state index is 10.9. The summed E-state index contributed by atoms with van der Waals surface area (Å²) in [5, 5.41) is 8.95. The molecule has 0 amide bonds. The fourth-order valence-corrected chi connectivity index (χ4v) is 3.46. The molecule has 1 aliphatic heterocycles. The Morgan fingerprint density at radius 1 is 0.958 bits per heavy atom. The summed E-state index contributed by atoms with van der Waals surface area (Å²) in [6, 6.07) is 18.0. The Kier molecular flexibility index (Phi) is 5.65. The van der Waals surface area contributed by atoms with E-state index in [-0.39, 0.29) is 0 Å². The number of hydrogen-bond acceptors (Lipinski definition) is 2. The van der Waals surface area contributed by atoms with Gasteiger partial charge in [0.05, 0.1) is 5.56 Å². The Balaban J connectivity index is 1.42. The fourth-order valence-electron chi connectivity index (χ4n) is 3.46. The van der Waals surface area contributed by atoms with Gasteiger partial charge in [-0.25, -0.2) is 4.79 Å². The quantitative estimate of drug-likeness (QED) is 0.865. The Hall–Kier alpha value is -2.13. The lowest BCUT2D eigenvalue weighted by molar-refractivity contribution is 0.0697. The van der Waals surface area contributed by atoms with E-state index < -0.39 is 5.97 Å². The van der Waals surface area contributed by atoms with Crippen LogP contribution in [0.2, 0.25) is 0 Å². The maximum Gasteiger partial charge on any atom is 0.335 e. The fraction of sp³-hybridized carbons (Fsp3) is 0.381. The number of rotatable bonds is 6. The zero-order valence-corrected chi connectivity index (χ0v) is 14.0. The number of hydrogen-bond donors (Lipinski definition) is 1. The van der Waals surface area contributed by atoms with Crippen LogP contribution in [0.1, 0.15) is 40.7 Å². The van der Waals surface area contributed by atoms with Gasteiger partial charge in [-0.3, -0.25) is 4.90 Å². The molecule has 2 aromatic carbocycles. The molecule has 3 nitrogen and oxygen atoms in total. The second kappa shape index (κ2) is 8.11. The van der Waals surface area contributed by atoms with Gasteiger partial charge in [-0.05, 0) is 68.0 Å². The molecule has 0 radical (unpaired) electrons. The monoisotopic (exact) mass is 323 g/mol. The summed E-state index contributed by atoms with van der Waals surface area (Å²) >= 11 is 0. The van der Waals surface area contributed by atoms with Gasteiger partial charge in [0, 0.05) is 6.54 Å². The van der Waals surface area contributed by atoms with Crippen molar-refractivity contribution in [2.45, 2.75) is 32.2 Å². The van der Waals surface area contributed by atoms with Crippen molar-refractivity contribution in [2.24, 2.45) is 5.92 Å². The van der Waals surface area contributed by atoms with Gasteiger partial charge in [-0.1, -0.05) is 42.5 Å². The maximum atomic E-state index is 10.9. The van der Waals surface area contributed by atoms with E-state index in [4.69, 9.17) is 5.11 Å². The predicted octanol–water partition coefficient (Wildman–Crippen LogP) is 4.23. The SMILES string of the molecule is O=C(O)c1ccc(CN2CCC(CCc3ccccc3)CC2)cc1. The van der Waals surface area contributed by atoms with Crippen LogP contribution in [0.4, 0.5) is 0 Å². The lowest BCUT2D eigenvalue weighted by Crippen LogP contribution is -2.33. The molecule has 1 N–H and O–H groups in total. The zero-order valence-electron chi connectivity index (χ0n) is 14.0. The number of carboxylic acid groups (broad SMARTS) is 1. The Labute approximate surface area is 143 Å². The Morgan fingerprint density at radius 2 is 1.62 bits per heavy atom. The van der Waals surface area contributed by atoms with Crippen LogP contribution in [-0.2, 0) is 13.0 Å². The standard InChI is InChI=1S/C21H25NO2/c23-21(24)20-10-8-19(9-11-20)16-22-14-12-18(13-15-22)7-6-17-4-2-1-3-5-17/h1-5,8-11,18H,6-7,12-16H2,(H,23,24). The van der Waals surface area contributed by atoms with Crippen LogP contribution < -0.4 is 0 Å². The van der Waals surface area contributed by atoms with E-state index in [0.717, 1.165) is 25.6 Å². The van der Waals surface area contributed by atoms with E-state index in [1.165, 1.54) is 36.8 Å².